The van der Waals surface area contributed by atoms with Crippen molar-refractivity contribution in [2.75, 3.05) is 13.7 Å². The Bertz CT molecular complexity index is 1110. The van der Waals surface area contributed by atoms with Crippen LogP contribution in [0.4, 0.5) is 4.39 Å². The molecule has 1 aliphatic heterocycles. The van der Waals surface area contributed by atoms with Gasteiger partial charge in [0, 0.05) is 6.54 Å². The maximum Gasteiger partial charge on any atom is 0.339 e. The van der Waals surface area contributed by atoms with Crippen molar-refractivity contribution >= 4 is 50.4 Å². The Labute approximate surface area is 183 Å². The Hall–Kier alpha value is -2.43. The summed E-state index contributed by atoms with van der Waals surface area (Å²) in [7, 11) is -2.80. The van der Waals surface area contributed by atoms with Crippen molar-refractivity contribution in [3.8, 4) is 11.5 Å². The van der Waals surface area contributed by atoms with Gasteiger partial charge in [-0.05, 0) is 54.5 Å². The van der Waals surface area contributed by atoms with Gasteiger partial charge in [-0.15, -0.1) is 0 Å². The van der Waals surface area contributed by atoms with Crippen LogP contribution < -0.4 is 8.92 Å². The van der Waals surface area contributed by atoms with E-state index < -0.39 is 15.9 Å². The largest absolute Gasteiger partial charge is 0.493 e. The number of methoxy groups -OCH3 is 1. The van der Waals surface area contributed by atoms with Crippen LogP contribution in [0.15, 0.2) is 52.3 Å². The smallest absolute Gasteiger partial charge is 0.339 e. The lowest BCUT2D eigenvalue weighted by Crippen LogP contribution is -2.28. The van der Waals surface area contributed by atoms with Gasteiger partial charge in [-0.3, -0.25) is 9.69 Å². The second-order valence-electron chi connectivity index (χ2n) is 6.24. The van der Waals surface area contributed by atoms with Crippen molar-refractivity contribution in [1.82, 2.24) is 4.90 Å². The molecular formula is C20H18FNO5S3. The molecule has 0 aromatic heterocycles. The van der Waals surface area contributed by atoms with Gasteiger partial charge in [0.15, 0.2) is 11.5 Å². The van der Waals surface area contributed by atoms with Crippen LogP contribution in [0.3, 0.4) is 0 Å². The Balaban J connectivity index is 1.86. The highest BCUT2D eigenvalue weighted by Gasteiger charge is 2.31. The zero-order valence-corrected chi connectivity index (χ0v) is 18.6. The molecule has 1 fully saturated rings. The predicted molar refractivity (Wildman–Crippen MR) is 117 cm³/mol. The van der Waals surface area contributed by atoms with Gasteiger partial charge in [0.1, 0.15) is 15.0 Å². The summed E-state index contributed by atoms with van der Waals surface area (Å²) >= 11 is 6.47. The lowest BCUT2D eigenvalue weighted by Gasteiger charge is -2.12. The number of nitrogens with zero attached hydrogens (tertiary/aromatic N) is 1. The summed E-state index contributed by atoms with van der Waals surface area (Å²) in [5, 5.41) is 0. The number of hydrogen-bond donors (Lipinski definition) is 0. The molecule has 0 aliphatic carbocycles. The van der Waals surface area contributed by atoms with E-state index in [4.69, 9.17) is 21.1 Å². The number of hydrogen-bond acceptors (Lipinski definition) is 7. The first kappa shape index (κ1) is 22.3. The van der Waals surface area contributed by atoms with E-state index in [2.05, 4.69) is 0 Å². The third-order valence-electron chi connectivity index (χ3n) is 4.11. The summed E-state index contributed by atoms with van der Waals surface area (Å²) in [5.41, 5.74) is 0.621. The van der Waals surface area contributed by atoms with Crippen molar-refractivity contribution < 1.29 is 26.5 Å². The Morgan fingerprint density at radius 2 is 1.87 bits per heavy atom. The minimum absolute atomic E-state index is 0.0301. The normalized spacial score (nSPS) is 15.7. The van der Waals surface area contributed by atoms with Crippen molar-refractivity contribution in [3.05, 3.63) is 58.8 Å². The molecule has 0 radical (unpaired) electrons. The molecule has 0 unspecified atom stereocenters. The standard InChI is InChI=1S/C20H18FNO5S3/c1-3-10-22-19(23)18(29-20(22)28)12-13-4-9-16(17(11-13)26-2)27-30(24,25)15-7-5-14(21)6-8-15/h4-9,11-12H,3,10H2,1-2H3/b18-12+. The van der Waals surface area contributed by atoms with Gasteiger partial charge in [0.2, 0.25) is 0 Å². The number of thiocarbonyl (C=S) groups is 1. The summed E-state index contributed by atoms with van der Waals surface area (Å²) in [5.74, 6) is -0.582. The maximum atomic E-state index is 13.1. The number of halogens is 1. The number of thioether (sulfide) groups is 1. The zero-order valence-electron chi connectivity index (χ0n) is 16.1. The predicted octanol–water partition coefficient (Wildman–Crippen LogP) is 4.21. The van der Waals surface area contributed by atoms with E-state index in [1.165, 1.54) is 24.9 Å². The summed E-state index contributed by atoms with van der Waals surface area (Å²) in [6, 6.07) is 8.88. The Morgan fingerprint density at radius 1 is 1.17 bits per heavy atom. The Morgan fingerprint density at radius 3 is 2.50 bits per heavy atom. The molecule has 10 heteroatoms. The maximum absolute atomic E-state index is 13.1. The molecule has 0 spiro atoms. The van der Waals surface area contributed by atoms with Crippen molar-refractivity contribution in [3.63, 3.8) is 0 Å². The van der Waals surface area contributed by atoms with E-state index in [0.29, 0.717) is 21.3 Å². The topological polar surface area (TPSA) is 72.9 Å². The van der Waals surface area contributed by atoms with Gasteiger partial charge in [-0.25, -0.2) is 4.39 Å². The van der Waals surface area contributed by atoms with Crippen LogP contribution in [-0.4, -0.2) is 37.2 Å². The number of amides is 1. The SMILES string of the molecule is CCCN1C(=O)/C(=C\c2ccc(OS(=O)(=O)c3ccc(F)cc3)c(OC)c2)SC1=S. The monoisotopic (exact) mass is 467 g/mol. The van der Waals surface area contributed by atoms with Gasteiger partial charge < -0.3 is 8.92 Å². The molecule has 3 rings (SSSR count). The van der Waals surface area contributed by atoms with Gasteiger partial charge in [0.25, 0.3) is 5.91 Å². The van der Waals surface area contributed by atoms with E-state index in [1.54, 1.807) is 23.1 Å². The second kappa shape index (κ2) is 9.15. The van der Waals surface area contributed by atoms with Gasteiger partial charge in [-0.2, -0.15) is 8.42 Å². The van der Waals surface area contributed by atoms with Crippen LogP contribution >= 0.6 is 24.0 Å². The van der Waals surface area contributed by atoms with E-state index in [0.717, 1.165) is 30.7 Å². The van der Waals surface area contributed by atoms with Crippen molar-refractivity contribution in [2.24, 2.45) is 0 Å². The quantitative estimate of drug-likeness (QED) is 0.343. The van der Waals surface area contributed by atoms with E-state index >= 15 is 0 Å². The lowest BCUT2D eigenvalue weighted by atomic mass is 10.2. The van der Waals surface area contributed by atoms with Crippen LogP contribution in [-0.2, 0) is 14.9 Å². The summed E-state index contributed by atoms with van der Waals surface area (Å²) in [6.07, 6.45) is 2.46. The Kier molecular flexibility index (Phi) is 6.79. The van der Waals surface area contributed by atoms with Crippen LogP contribution in [0.25, 0.3) is 6.08 Å². The third kappa shape index (κ3) is 4.82. The number of benzene rings is 2. The van der Waals surface area contributed by atoms with Gasteiger partial charge >= 0.3 is 10.1 Å². The number of ether oxygens (including phenoxy) is 1. The van der Waals surface area contributed by atoms with Crippen LogP contribution in [0.1, 0.15) is 18.9 Å². The molecule has 1 aliphatic rings. The van der Waals surface area contributed by atoms with Gasteiger partial charge in [-0.1, -0.05) is 37.0 Å². The summed E-state index contributed by atoms with van der Waals surface area (Å²) in [4.78, 5) is 14.3. The molecule has 1 saturated heterocycles. The molecule has 1 amide bonds. The molecule has 0 saturated carbocycles. The van der Waals surface area contributed by atoms with Gasteiger partial charge in [0.05, 0.1) is 12.0 Å². The van der Waals surface area contributed by atoms with Crippen molar-refractivity contribution in [1.29, 1.82) is 0 Å². The molecular weight excluding hydrogens is 449 g/mol. The molecule has 6 nitrogen and oxygen atoms in total. The second-order valence-corrected chi connectivity index (χ2v) is 9.46. The lowest BCUT2D eigenvalue weighted by molar-refractivity contribution is -0.122. The van der Waals surface area contributed by atoms with E-state index in [1.807, 2.05) is 6.92 Å². The highest BCUT2D eigenvalue weighted by atomic mass is 32.2. The molecule has 1 heterocycles. The highest BCUT2D eigenvalue weighted by Crippen LogP contribution is 2.35. The average Bonchev–Trinajstić information content (AvgIpc) is 2.97. The summed E-state index contributed by atoms with van der Waals surface area (Å²) < 4.78 is 48.9. The average molecular weight is 468 g/mol. The van der Waals surface area contributed by atoms with Crippen molar-refractivity contribution in [2.45, 2.75) is 18.2 Å². The first-order valence-corrected chi connectivity index (χ1v) is 11.5. The minimum atomic E-state index is -4.17. The fourth-order valence-corrected chi connectivity index (χ4v) is 4.93. The molecule has 0 bridgehead atoms. The van der Waals surface area contributed by atoms with E-state index in [9.17, 15) is 17.6 Å². The number of rotatable bonds is 7. The summed E-state index contributed by atoms with van der Waals surface area (Å²) in [6.45, 7) is 2.52. The van der Waals surface area contributed by atoms with Crippen LogP contribution in [0.2, 0.25) is 0 Å². The molecule has 158 valence electrons. The van der Waals surface area contributed by atoms with Crippen LogP contribution in [0.5, 0.6) is 11.5 Å². The fourth-order valence-electron chi connectivity index (χ4n) is 2.68. The first-order valence-electron chi connectivity index (χ1n) is 8.88. The third-order valence-corrected chi connectivity index (χ3v) is 6.73. The zero-order chi connectivity index (χ0) is 21.9. The molecule has 0 atom stereocenters. The fraction of sp³-hybridized carbons (Fsp3) is 0.200. The molecule has 2 aromatic carbocycles. The van der Waals surface area contributed by atoms with Crippen LogP contribution in [0, 0.1) is 5.82 Å². The first-order chi connectivity index (χ1) is 14.2. The number of carbonyl (C=O) groups excluding carboxylic acids is 1. The molecule has 2 aromatic rings. The molecule has 0 N–H and O–H groups in total. The molecule has 30 heavy (non-hydrogen) atoms. The van der Waals surface area contributed by atoms with E-state index in [-0.39, 0.29) is 22.3 Å². The minimum Gasteiger partial charge on any atom is -0.493 e. The number of carbonyl (C=O) groups is 1. The highest BCUT2D eigenvalue weighted by molar-refractivity contribution is 8.26.